The molecule has 0 amide bonds. The summed E-state index contributed by atoms with van der Waals surface area (Å²) < 4.78 is 0. The number of carboxylic acid groups (broad SMARTS) is 1. The fourth-order valence-corrected chi connectivity index (χ4v) is 3.53. The summed E-state index contributed by atoms with van der Waals surface area (Å²) in [5.74, 6) is -1.31. The SMILES string of the molecule is O=C(O)C1(O)C2CCC1Cc1ccccc1C2. The van der Waals surface area contributed by atoms with Crippen molar-refractivity contribution in [3.8, 4) is 0 Å². The van der Waals surface area contributed by atoms with E-state index < -0.39 is 11.6 Å². The zero-order valence-electron chi connectivity index (χ0n) is 9.60. The molecule has 2 unspecified atom stereocenters. The molecule has 3 rings (SSSR count). The summed E-state index contributed by atoms with van der Waals surface area (Å²) in [6, 6.07) is 8.08. The molecule has 1 aromatic carbocycles. The minimum atomic E-state index is -1.51. The minimum Gasteiger partial charge on any atom is -0.479 e. The van der Waals surface area contributed by atoms with Crippen LogP contribution in [0, 0.1) is 11.8 Å². The second-order valence-electron chi connectivity index (χ2n) is 5.28. The van der Waals surface area contributed by atoms with Crippen LogP contribution in [0.1, 0.15) is 24.0 Å². The van der Waals surface area contributed by atoms with Gasteiger partial charge in [0.05, 0.1) is 0 Å². The number of benzene rings is 1. The van der Waals surface area contributed by atoms with Gasteiger partial charge in [0.1, 0.15) is 0 Å². The minimum absolute atomic E-state index is 0.131. The molecule has 2 aliphatic carbocycles. The molecule has 1 aromatic rings. The fraction of sp³-hybridized carbons (Fsp3) is 0.500. The standard InChI is InChI=1S/C14H16O3/c15-13(16)14(17)11-5-6-12(14)8-10-4-2-1-3-9(10)7-11/h1-4,11-12,17H,5-8H2,(H,15,16). The Hall–Kier alpha value is -1.35. The first-order valence-corrected chi connectivity index (χ1v) is 6.15. The summed E-state index contributed by atoms with van der Waals surface area (Å²) >= 11 is 0. The number of hydrogen-bond donors (Lipinski definition) is 2. The Morgan fingerprint density at radius 3 is 2.00 bits per heavy atom. The molecule has 3 heteroatoms. The van der Waals surface area contributed by atoms with Crippen LogP contribution >= 0.6 is 0 Å². The van der Waals surface area contributed by atoms with Crippen LogP contribution in [0.4, 0.5) is 0 Å². The van der Waals surface area contributed by atoms with Crippen molar-refractivity contribution in [3.63, 3.8) is 0 Å². The van der Waals surface area contributed by atoms with E-state index in [0.717, 1.165) is 12.8 Å². The average molecular weight is 232 g/mol. The third-order valence-corrected chi connectivity index (χ3v) is 4.50. The molecule has 0 aliphatic heterocycles. The monoisotopic (exact) mass is 232 g/mol. The van der Waals surface area contributed by atoms with Gasteiger partial charge in [0.15, 0.2) is 5.60 Å². The van der Waals surface area contributed by atoms with E-state index in [9.17, 15) is 15.0 Å². The number of aliphatic carboxylic acids is 1. The van der Waals surface area contributed by atoms with E-state index in [1.165, 1.54) is 11.1 Å². The number of hydrogen-bond acceptors (Lipinski definition) is 2. The second kappa shape index (κ2) is 3.57. The molecule has 1 saturated carbocycles. The van der Waals surface area contributed by atoms with Gasteiger partial charge in [-0.2, -0.15) is 0 Å². The van der Waals surface area contributed by atoms with Gasteiger partial charge in [0.25, 0.3) is 0 Å². The largest absolute Gasteiger partial charge is 0.479 e. The highest BCUT2D eigenvalue weighted by Crippen LogP contribution is 2.47. The predicted molar refractivity (Wildman–Crippen MR) is 62.6 cm³/mol. The van der Waals surface area contributed by atoms with E-state index >= 15 is 0 Å². The predicted octanol–water partition coefficient (Wildman–Crippen LogP) is 1.63. The van der Waals surface area contributed by atoms with Crippen molar-refractivity contribution in [3.05, 3.63) is 35.4 Å². The van der Waals surface area contributed by atoms with Crippen molar-refractivity contribution in [1.29, 1.82) is 0 Å². The molecule has 0 spiro atoms. The number of carbonyl (C=O) groups is 1. The summed E-state index contributed by atoms with van der Waals surface area (Å²) in [5, 5.41) is 19.8. The molecule has 2 bridgehead atoms. The molecular formula is C14H16O3. The number of aliphatic hydroxyl groups is 1. The molecule has 90 valence electrons. The molecular weight excluding hydrogens is 216 g/mol. The maximum Gasteiger partial charge on any atom is 0.336 e. The highest BCUT2D eigenvalue weighted by atomic mass is 16.4. The van der Waals surface area contributed by atoms with Gasteiger partial charge >= 0.3 is 5.97 Å². The fourth-order valence-electron chi connectivity index (χ4n) is 3.53. The lowest BCUT2D eigenvalue weighted by Gasteiger charge is -2.28. The van der Waals surface area contributed by atoms with E-state index in [1.54, 1.807) is 0 Å². The van der Waals surface area contributed by atoms with Crippen LogP contribution in [0.5, 0.6) is 0 Å². The first-order valence-electron chi connectivity index (χ1n) is 6.15. The lowest BCUT2D eigenvalue weighted by Crippen LogP contribution is -2.48. The van der Waals surface area contributed by atoms with Gasteiger partial charge in [-0.1, -0.05) is 24.3 Å². The Bertz CT molecular complexity index is 433. The van der Waals surface area contributed by atoms with Gasteiger partial charge in [0.2, 0.25) is 0 Å². The highest BCUT2D eigenvalue weighted by Gasteiger charge is 2.55. The quantitative estimate of drug-likeness (QED) is 0.773. The van der Waals surface area contributed by atoms with Gasteiger partial charge in [-0.05, 0) is 36.8 Å². The van der Waals surface area contributed by atoms with E-state index in [0.29, 0.717) is 12.8 Å². The van der Waals surface area contributed by atoms with Crippen molar-refractivity contribution in [1.82, 2.24) is 0 Å². The van der Waals surface area contributed by atoms with E-state index in [4.69, 9.17) is 0 Å². The van der Waals surface area contributed by atoms with Crippen LogP contribution < -0.4 is 0 Å². The van der Waals surface area contributed by atoms with Gasteiger partial charge in [-0.15, -0.1) is 0 Å². The molecule has 2 atom stereocenters. The topological polar surface area (TPSA) is 57.5 Å². The summed E-state index contributed by atoms with van der Waals surface area (Å²) in [6.45, 7) is 0. The molecule has 1 fully saturated rings. The Kier molecular flexibility index (Phi) is 2.26. The van der Waals surface area contributed by atoms with Gasteiger partial charge in [-0.3, -0.25) is 0 Å². The molecule has 2 aliphatic rings. The Balaban J connectivity index is 2.06. The molecule has 17 heavy (non-hydrogen) atoms. The third-order valence-electron chi connectivity index (χ3n) is 4.50. The van der Waals surface area contributed by atoms with E-state index in [2.05, 4.69) is 12.1 Å². The van der Waals surface area contributed by atoms with Crippen molar-refractivity contribution in [2.24, 2.45) is 11.8 Å². The summed E-state index contributed by atoms with van der Waals surface area (Å²) in [4.78, 5) is 11.4. The Labute approximate surface area is 100 Å². The highest BCUT2D eigenvalue weighted by molar-refractivity contribution is 5.79. The van der Waals surface area contributed by atoms with Crippen molar-refractivity contribution < 1.29 is 15.0 Å². The normalized spacial score (nSPS) is 35.1. The average Bonchev–Trinajstić information content (AvgIpc) is 2.53. The molecule has 0 radical (unpaired) electrons. The molecule has 2 N–H and O–H groups in total. The van der Waals surface area contributed by atoms with Crippen LogP contribution in [0.2, 0.25) is 0 Å². The van der Waals surface area contributed by atoms with Gasteiger partial charge in [0, 0.05) is 11.8 Å². The van der Waals surface area contributed by atoms with Crippen molar-refractivity contribution in [2.45, 2.75) is 31.3 Å². The number of carboxylic acids is 1. The van der Waals surface area contributed by atoms with Crippen molar-refractivity contribution >= 4 is 5.97 Å². The summed E-state index contributed by atoms with van der Waals surface area (Å²) in [6.07, 6.45) is 3.02. The van der Waals surface area contributed by atoms with Crippen LogP contribution in [-0.2, 0) is 17.6 Å². The molecule has 0 aromatic heterocycles. The first kappa shape index (κ1) is 10.8. The van der Waals surface area contributed by atoms with E-state index in [-0.39, 0.29) is 11.8 Å². The lowest BCUT2D eigenvalue weighted by molar-refractivity contribution is -0.167. The van der Waals surface area contributed by atoms with Crippen LogP contribution in [-0.4, -0.2) is 21.8 Å². The summed E-state index contributed by atoms with van der Waals surface area (Å²) in [5.41, 5.74) is 0.901. The summed E-state index contributed by atoms with van der Waals surface area (Å²) in [7, 11) is 0. The number of fused-ring (bicyclic) bond motifs is 3. The number of rotatable bonds is 1. The Morgan fingerprint density at radius 2 is 1.59 bits per heavy atom. The van der Waals surface area contributed by atoms with Crippen LogP contribution in [0.3, 0.4) is 0 Å². The van der Waals surface area contributed by atoms with Crippen LogP contribution in [0.25, 0.3) is 0 Å². The third kappa shape index (κ3) is 1.42. The Morgan fingerprint density at radius 1 is 1.12 bits per heavy atom. The molecule has 0 saturated heterocycles. The molecule has 3 nitrogen and oxygen atoms in total. The van der Waals surface area contributed by atoms with Gasteiger partial charge in [-0.25, -0.2) is 4.79 Å². The molecule has 0 heterocycles. The zero-order valence-corrected chi connectivity index (χ0v) is 9.60. The maximum absolute atomic E-state index is 11.4. The van der Waals surface area contributed by atoms with Crippen molar-refractivity contribution in [2.75, 3.05) is 0 Å². The first-order chi connectivity index (χ1) is 8.12. The maximum atomic E-state index is 11.4. The second-order valence-corrected chi connectivity index (χ2v) is 5.28. The van der Waals surface area contributed by atoms with Crippen LogP contribution in [0.15, 0.2) is 24.3 Å². The zero-order chi connectivity index (χ0) is 12.0. The van der Waals surface area contributed by atoms with Gasteiger partial charge < -0.3 is 10.2 Å². The smallest absolute Gasteiger partial charge is 0.336 e. The lowest BCUT2D eigenvalue weighted by atomic mass is 9.82. The van der Waals surface area contributed by atoms with E-state index in [1.807, 2.05) is 12.1 Å².